The van der Waals surface area contributed by atoms with Gasteiger partial charge in [-0.25, -0.2) is 4.98 Å². The highest BCUT2D eigenvalue weighted by Gasteiger charge is 2.10. The molecule has 25 heavy (non-hydrogen) atoms. The molecule has 0 saturated heterocycles. The first-order valence-corrected chi connectivity index (χ1v) is 7.93. The molecule has 0 saturated carbocycles. The summed E-state index contributed by atoms with van der Waals surface area (Å²) in [6, 6.07) is 10.1. The average molecular weight is 328 g/mol. The second-order valence-corrected chi connectivity index (χ2v) is 5.91. The number of para-hydroxylation sites is 1. The number of amides is 1. The van der Waals surface area contributed by atoms with E-state index in [4.69, 9.17) is 5.73 Å². The second kappa shape index (κ2) is 5.87. The Morgan fingerprint density at radius 2 is 2.00 bits per heavy atom. The number of nitrogens with two attached hydrogens (primary N) is 1. The lowest BCUT2D eigenvalue weighted by atomic mass is 9.99. The Morgan fingerprint density at radius 1 is 1.16 bits per heavy atom. The number of primary amides is 1. The third kappa shape index (κ3) is 2.65. The van der Waals surface area contributed by atoms with Gasteiger partial charge in [-0.2, -0.15) is 0 Å². The molecule has 0 atom stereocenters. The number of aromatic amines is 1. The van der Waals surface area contributed by atoms with Crippen LogP contribution in [0.1, 0.15) is 11.1 Å². The fraction of sp³-hybridized carbons (Fsp3) is 0.0500. The van der Waals surface area contributed by atoms with Crippen molar-refractivity contribution >= 4 is 33.9 Å². The fourth-order valence-electron chi connectivity index (χ4n) is 3.05. The van der Waals surface area contributed by atoms with E-state index < -0.39 is 5.91 Å². The van der Waals surface area contributed by atoms with Crippen molar-refractivity contribution in [3.8, 4) is 11.1 Å². The van der Waals surface area contributed by atoms with E-state index in [9.17, 15) is 4.79 Å². The molecule has 0 aliphatic heterocycles. The molecule has 0 fully saturated rings. The summed E-state index contributed by atoms with van der Waals surface area (Å²) in [5, 5.41) is 2.06. The smallest absolute Gasteiger partial charge is 0.241 e. The van der Waals surface area contributed by atoms with Crippen LogP contribution in [0.15, 0.2) is 55.0 Å². The molecule has 1 amide bonds. The predicted octanol–water partition coefficient (Wildman–Crippen LogP) is 3.59. The summed E-state index contributed by atoms with van der Waals surface area (Å²) < 4.78 is 0. The maximum Gasteiger partial charge on any atom is 0.241 e. The molecule has 0 radical (unpaired) electrons. The molecule has 3 aromatic heterocycles. The van der Waals surface area contributed by atoms with E-state index in [-0.39, 0.29) is 0 Å². The number of H-pyrrole nitrogens is 1. The molecule has 4 aromatic rings. The highest BCUT2D eigenvalue weighted by molar-refractivity contribution is 5.96. The topological polar surface area (TPSA) is 84.7 Å². The number of carbonyl (C=O) groups excluding carboxylic acids is 1. The van der Waals surface area contributed by atoms with Crippen molar-refractivity contribution in [2.75, 3.05) is 0 Å². The second-order valence-electron chi connectivity index (χ2n) is 5.91. The van der Waals surface area contributed by atoms with Gasteiger partial charge in [-0.3, -0.25) is 9.78 Å². The average Bonchev–Trinajstić information content (AvgIpc) is 3.03. The number of benzene rings is 1. The van der Waals surface area contributed by atoms with Crippen molar-refractivity contribution in [2.45, 2.75) is 6.92 Å². The quantitative estimate of drug-likeness (QED) is 0.564. The summed E-state index contributed by atoms with van der Waals surface area (Å²) in [5.74, 6) is -0.479. The van der Waals surface area contributed by atoms with Gasteiger partial charge in [0.2, 0.25) is 5.91 Å². The molecular formula is C20H16N4O. The standard InChI is InChI=1S/C20H16N4O/c1-12-15-4-2-3-5-18(15)22-11-17(12)14-8-16-13(6-7-19(21)25)9-23-20(16)24-10-14/h2-11H,1H3,(H2,21,25)(H,23,24)/b7-6+. The van der Waals surface area contributed by atoms with Gasteiger partial charge < -0.3 is 10.7 Å². The van der Waals surface area contributed by atoms with Crippen LogP contribution in [-0.4, -0.2) is 20.9 Å². The minimum atomic E-state index is -0.479. The maximum atomic E-state index is 11.0. The zero-order valence-corrected chi connectivity index (χ0v) is 13.7. The number of nitrogens with zero attached hydrogens (tertiary/aromatic N) is 2. The molecule has 3 heterocycles. The molecule has 0 unspecified atom stereocenters. The predicted molar refractivity (Wildman–Crippen MR) is 99.8 cm³/mol. The Balaban J connectivity index is 1.88. The molecule has 5 nitrogen and oxygen atoms in total. The van der Waals surface area contributed by atoms with E-state index in [2.05, 4.69) is 34.0 Å². The van der Waals surface area contributed by atoms with Crippen molar-refractivity contribution in [3.05, 3.63) is 66.1 Å². The van der Waals surface area contributed by atoms with Crippen LogP contribution in [0.3, 0.4) is 0 Å². The number of aryl methyl sites for hydroxylation is 1. The van der Waals surface area contributed by atoms with Crippen molar-refractivity contribution < 1.29 is 4.79 Å². The van der Waals surface area contributed by atoms with E-state index in [0.717, 1.165) is 44.2 Å². The molecular weight excluding hydrogens is 312 g/mol. The molecule has 3 N–H and O–H groups in total. The van der Waals surface area contributed by atoms with Gasteiger partial charge >= 0.3 is 0 Å². The zero-order chi connectivity index (χ0) is 17.4. The van der Waals surface area contributed by atoms with Gasteiger partial charge in [-0.1, -0.05) is 18.2 Å². The summed E-state index contributed by atoms with van der Waals surface area (Å²) in [4.78, 5) is 23.1. The Bertz CT molecular complexity index is 1140. The van der Waals surface area contributed by atoms with E-state index >= 15 is 0 Å². The van der Waals surface area contributed by atoms with E-state index in [1.54, 1.807) is 6.08 Å². The number of hydrogen-bond acceptors (Lipinski definition) is 3. The SMILES string of the molecule is Cc1c(-c2cnc3[nH]cc(/C=C/C(N)=O)c3c2)cnc2ccccc12. The highest BCUT2D eigenvalue weighted by atomic mass is 16.1. The maximum absolute atomic E-state index is 11.0. The first-order valence-electron chi connectivity index (χ1n) is 7.93. The number of nitrogens with one attached hydrogen (secondary N) is 1. The first kappa shape index (κ1) is 15.1. The summed E-state index contributed by atoms with van der Waals surface area (Å²) >= 11 is 0. The number of fused-ring (bicyclic) bond motifs is 2. The Hall–Kier alpha value is -3.47. The number of aromatic nitrogens is 3. The van der Waals surface area contributed by atoms with Gasteiger partial charge in [0.1, 0.15) is 5.65 Å². The molecule has 122 valence electrons. The van der Waals surface area contributed by atoms with E-state index in [1.807, 2.05) is 36.8 Å². The van der Waals surface area contributed by atoms with Crippen LogP contribution in [0.25, 0.3) is 39.1 Å². The minimum Gasteiger partial charge on any atom is -0.366 e. The number of pyridine rings is 2. The van der Waals surface area contributed by atoms with Crippen molar-refractivity contribution in [2.24, 2.45) is 5.73 Å². The Morgan fingerprint density at radius 3 is 2.84 bits per heavy atom. The number of carbonyl (C=O) groups is 1. The molecule has 0 spiro atoms. The van der Waals surface area contributed by atoms with Crippen LogP contribution in [0, 0.1) is 6.92 Å². The van der Waals surface area contributed by atoms with E-state index in [1.165, 1.54) is 6.08 Å². The zero-order valence-electron chi connectivity index (χ0n) is 13.7. The fourth-order valence-corrected chi connectivity index (χ4v) is 3.05. The third-order valence-corrected chi connectivity index (χ3v) is 4.35. The summed E-state index contributed by atoms with van der Waals surface area (Å²) in [6.45, 7) is 2.09. The van der Waals surface area contributed by atoms with E-state index in [0.29, 0.717) is 0 Å². The summed E-state index contributed by atoms with van der Waals surface area (Å²) in [7, 11) is 0. The van der Waals surface area contributed by atoms with Gasteiger partial charge in [0.05, 0.1) is 5.52 Å². The first-order chi connectivity index (χ1) is 12.1. The van der Waals surface area contributed by atoms with Crippen LogP contribution in [-0.2, 0) is 4.79 Å². The number of hydrogen-bond donors (Lipinski definition) is 2. The van der Waals surface area contributed by atoms with Gasteiger partial charge in [0.25, 0.3) is 0 Å². The normalized spacial score (nSPS) is 11.6. The lowest BCUT2D eigenvalue weighted by Crippen LogP contribution is -2.04. The molecule has 5 heteroatoms. The Kier molecular flexibility index (Phi) is 3.54. The minimum absolute atomic E-state index is 0.479. The van der Waals surface area contributed by atoms with Crippen LogP contribution in [0.2, 0.25) is 0 Å². The van der Waals surface area contributed by atoms with Crippen molar-refractivity contribution in [3.63, 3.8) is 0 Å². The molecule has 1 aromatic carbocycles. The highest BCUT2D eigenvalue weighted by Crippen LogP contribution is 2.30. The summed E-state index contributed by atoms with van der Waals surface area (Å²) in [5.41, 5.74) is 11.0. The van der Waals surface area contributed by atoms with Crippen LogP contribution >= 0.6 is 0 Å². The van der Waals surface area contributed by atoms with Gasteiger partial charge in [-0.15, -0.1) is 0 Å². The summed E-state index contributed by atoms with van der Waals surface area (Å²) in [6.07, 6.45) is 8.56. The Labute approximate surface area is 144 Å². The molecule has 0 bridgehead atoms. The lowest BCUT2D eigenvalue weighted by molar-refractivity contribution is -0.113. The molecule has 0 aliphatic carbocycles. The lowest BCUT2D eigenvalue weighted by Gasteiger charge is -2.09. The monoisotopic (exact) mass is 328 g/mol. The van der Waals surface area contributed by atoms with Gasteiger partial charge in [0, 0.05) is 52.1 Å². The third-order valence-electron chi connectivity index (χ3n) is 4.35. The largest absolute Gasteiger partial charge is 0.366 e. The molecule has 4 rings (SSSR count). The van der Waals surface area contributed by atoms with Crippen molar-refractivity contribution in [1.82, 2.24) is 15.0 Å². The van der Waals surface area contributed by atoms with Gasteiger partial charge in [0.15, 0.2) is 0 Å². The van der Waals surface area contributed by atoms with Gasteiger partial charge in [-0.05, 0) is 30.7 Å². The van der Waals surface area contributed by atoms with Crippen LogP contribution in [0.4, 0.5) is 0 Å². The van der Waals surface area contributed by atoms with Crippen LogP contribution in [0.5, 0.6) is 0 Å². The molecule has 0 aliphatic rings. The number of rotatable bonds is 3. The van der Waals surface area contributed by atoms with Crippen LogP contribution < -0.4 is 5.73 Å². The van der Waals surface area contributed by atoms with Crippen molar-refractivity contribution in [1.29, 1.82) is 0 Å².